The van der Waals surface area contributed by atoms with Crippen LogP contribution in [0.3, 0.4) is 0 Å². The molecule has 0 amide bonds. The predicted octanol–water partition coefficient (Wildman–Crippen LogP) is 3.27. The molecule has 0 bridgehead atoms. The van der Waals surface area contributed by atoms with E-state index in [0.717, 1.165) is 63.1 Å². The molecule has 0 aliphatic carbocycles. The van der Waals surface area contributed by atoms with Gasteiger partial charge in [-0.25, -0.2) is 18.4 Å². The first-order valence-corrected chi connectivity index (χ1v) is 12.4. The number of fused-ring (bicyclic) bond motifs is 1. The van der Waals surface area contributed by atoms with Crippen LogP contribution < -0.4 is 4.90 Å². The highest BCUT2D eigenvalue weighted by Crippen LogP contribution is 2.34. The van der Waals surface area contributed by atoms with E-state index in [4.69, 9.17) is 9.97 Å². The highest BCUT2D eigenvalue weighted by atomic mass is 32.2. The summed E-state index contributed by atoms with van der Waals surface area (Å²) < 4.78 is 26.2. The lowest BCUT2D eigenvalue weighted by Crippen LogP contribution is -2.39. The van der Waals surface area contributed by atoms with Crippen LogP contribution in [0.2, 0.25) is 0 Å². The van der Waals surface area contributed by atoms with Crippen molar-refractivity contribution in [3.8, 4) is 0 Å². The Kier molecular flexibility index (Phi) is 5.88. The molecular formula is C22H30N4O2S. The van der Waals surface area contributed by atoms with E-state index < -0.39 is 10.0 Å². The fraction of sp³-hybridized carbons (Fsp3) is 0.545. The van der Waals surface area contributed by atoms with Gasteiger partial charge in [0.2, 0.25) is 10.0 Å². The van der Waals surface area contributed by atoms with Crippen LogP contribution in [0.15, 0.2) is 30.3 Å². The van der Waals surface area contributed by atoms with Gasteiger partial charge >= 0.3 is 0 Å². The second-order valence-electron chi connectivity index (χ2n) is 8.18. The van der Waals surface area contributed by atoms with Crippen LogP contribution in [0.5, 0.6) is 0 Å². The summed E-state index contributed by atoms with van der Waals surface area (Å²) in [5.74, 6) is 1.67. The highest BCUT2D eigenvalue weighted by Gasteiger charge is 2.34. The molecule has 0 saturated carbocycles. The Hall–Kier alpha value is -1.99. The van der Waals surface area contributed by atoms with Crippen LogP contribution in [0, 0.1) is 6.92 Å². The first-order valence-electron chi connectivity index (χ1n) is 10.6. The van der Waals surface area contributed by atoms with Crippen LogP contribution in [-0.4, -0.2) is 48.6 Å². The topological polar surface area (TPSA) is 66.4 Å². The van der Waals surface area contributed by atoms with E-state index in [0.29, 0.717) is 12.4 Å². The van der Waals surface area contributed by atoms with Crippen molar-refractivity contribution < 1.29 is 8.42 Å². The lowest BCUT2D eigenvalue weighted by atomic mass is 10.0. The number of nitrogens with zero attached hydrogens (tertiary/aromatic N) is 4. The molecule has 6 nitrogen and oxygen atoms in total. The van der Waals surface area contributed by atoms with Crippen LogP contribution in [0.1, 0.15) is 54.4 Å². The molecule has 156 valence electrons. The van der Waals surface area contributed by atoms with Crippen molar-refractivity contribution in [3.63, 3.8) is 0 Å². The van der Waals surface area contributed by atoms with Crippen molar-refractivity contribution in [2.75, 3.05) is 30.8 Å². The van der Waals surface area contributed by atoms with Gasteiger partial charge in [0.1, 0.15) is 11.6 Å². The first kappa shape index (κ1) is 20.3. The molecule has 1 aromatic heterocycles. The molecule has 4 rings (SSSR count). The zero-order chi connectivity index (χ0) is 20.4. The minimum atomic E-state index is -3.28. The van der Waals surface area contributed by atoms with Crippen molar-refractivity contribution >= 4 is 15.8 Å². The number of piperidine rings is 1. The lowest BCUT2D eigenvalue weighted by molar-refractivity contribution is 0.247. The highest BCUT2D eigenvalue weighted by molar-refractivity contribution is 7.88. The van der Waals surface area contributed by atoms with Crippen molar-refractivity contribution in [1.29, 1.82) is 0 Å². The molecule has 1 saturated heterocycles. The minimum Gasteiger partial charge on any atom is -0.356 e. The molecule has 2 aliphatic rings. The van der Waals surface area contributed by atoms with Gasteiger partial charge in [-0.2, -0.15) is 4.31 Å². The van der Waals surface area contributed by atoms with Crippen LogP contribution in [0.25, 0.3) is 0 Å². The SMILES string of the molecule is Cc1nc(C2CCCCN2S(C)(=O)=O)nc2c1CCCN2CCc1ccccc1. The summed E-state index contributed by atoms with van der Waals surface area (Å²) in [4.78, 5) is 12.1. The van der Waals surface area contributed by atoms with E-state index in [9.17, 15) is 8.42 Å². The average Bonchev–Trinajstić information content (AvgIpc) is 2.72. The number of hydrogen-bond donors (Lipinski definition) is 0. The van der Waals surface area contributed by atoms with Crippen molar-refractivity contribution in [1.82, 2.24) is 14.3 Å². The van der Waals surface area contributed by atoms with E-state index in [1.807, 2.05) is 13.0 Å². The molecule has 2 aromatic rings. The Labute approximate surface area is 174 Å². The third kappa shape index (κ3) is 4.46. The first-order chi connectivity index (χ1) is 13.9. The molecule has 1 atom stereocenters. The summed E-state index contributed by atoms with van der Waals surface area (Å²) in [5, 5.41) is 0. The number of benzene rings is 1. The van der Waals surface area contributed by atoms with Crippen LogP contribution >= 0.6 is 0 Å². The Bertz CT molecular complexity index is 962. The molecule has 1 unspecified atom stereocenters. The van der Waals surface area contributed by atoms with Gasteiger partial charge in [0.25, 0.3) is 0 Å². The second kappa shape index (κ2) is 8.40. The Morgan fingerprint density at radius 3 is 2.62 bits per heavy atom. The maximum absolute atomic E-state index is 12.3. The van der Waals surface area contributed by atoms with Gasteiger partial charge in [-0.15, -0.1) is 0 Å². The third-order valence-corrected chi connectivity index (χ3v) is 7.34. The maximum Gasteiger partial charge on any atom is 0.211 e. The van der Waals surface area contributed by atoms with E-state index in [1.54, 1.807) is 4.31 Å². The van der Waals surface area contributed by atoms with Gasteiger partial charge in [-0.05, 0) is 44.6 Å². The second-order valence-corrected chi connectivity index (χ2v) is 10.1. The fourth-order valence-electron chi connectivity index (χ4n) is 4.54. The van der Waals surface area contributed by atoms with Gasteiger partial charge in [0.15, 0.2) is 0 Å². The van der Waals surface area contributed by atoms with Gasteiger partial charge in [0.05, 0.1) is 12.3 Å². The van der Waals surface area contributed by atoms with Crippen LogP contribution in [-0.2, 0) is 22.9 Å². The molecule has 0 spiro atoms. The van der Waals surface area contributed by atoms with E-state index >= 15 is 0 Å². The standard InChI is InChI=1S/C22H30N4O2S/c1-17-19-11-8-14-25(16-13-18-9-4-3-5-10-18)22(19)24-21(23-17)20-12-6-7-15-26(20)29(2,27)28/h3-5,9-10,20H,6-8,11-16H2,1-2H3. The van der Waals surface area contributed by atoms with Crippen LogP contribution in [0.4, 0.5) is 5.82 Å². The van der Waals surface area contributed by atoms with E-state index in [2.05, 4.69) is 29.2 Å². The van der Waals surface area contributed by atoms with Gasteiger partial charge in [0, 0.05) is 30.9 Å². The molecule has 29 heavy (non-hydrogen) atoms. The third-order valence-electron chi connectivity index (χ3n) is 6.05. The summed E-state index contributed by atoms with van der Waals surface area (Å²) in [6, 6.07) is 10.3. The number of hydrogen-bond acceptors (Lipinski definition) is 5. The molecule has 0 N–H and O–H groups in total. The van der Waals surface area contributed by atoms with Crippen molar-refractivity contribution in [3.05, 3.63) is 53.0 Å². The molecule has 7 heteroatoms. The number of aryl methyl sites for hydroxylation is 1. The normalized spacial score (nSPS) is 20.5. The Balaban J connectivity index is 1.64. The van der Waals surface area contributed by atoms with Gasteiger partial charge < -0.3 is 4.90 Å². The Morgan fingerprint density at radius 1 is 1.07 bits per heavy atom. The van der Waals surface area contributed by atoms with Crippen molar-refractivity contribution in [2.45, 2.75) is 51.5 Å². The largest absolute Gasteiger partial charge is 0.356 e. The molecule has 3 heterocycles. The quantitative estimate of drug-likeness (QED) is 0.751. The zero-order valence-electron chi connectivity index (χ0n) is 17.3. The molecule has 1 fully saturated rings. The predicted molar refractivity (Wildman–Crippen MR) is 116 cm³/mol. The Morgan fingerprint density at radius 2 is 1.86 bits per heavy atom. The number of anilines is 1. The van der Waals surface area contributed by atoms with Crippen molar-refractivity contribution in [2.24, 2.45) is 0 Å². The minimum absolute atomic E-state index is 0.249. The molecular weight excluding hydrogens is 384 g/mol. The van der Waals surface area contributed by atoms with Gasteiger partial charge in [-0.3, -0.25) is 0 Å². The van der Waals surface area contributed by atoms with E-state index in [-0.39, 0.29) is 6.04 Å². The number of sulfonamides is 1. The summed E-state index contributed by atoms with van der Waals surface area (Å²) >= 11 is 0. The monoisotopic (exact) mass is 414 g/mol. The number of aromatic nitrogens is 2. The summed E-state index contributed by atoms with van der Waals surface area (Å²) in [5.41, 5.74) is 3.53. The number of rotatable bonds is 5. The molecule has 0 radical (unpaired) electrons. The summed E-state index contributed by atoms with van der Waals surface area (Å²) in [6.07, 6.45) is 7.05. The molecule has 2 aliphatic heterocycles. The molecule has 1 aromatic carbocycles. The fourth-order valence-corrected chi connectivity index (χ4v) is 5.67. The lowest BCUT2D eigenvalue weighted by Gasteiger charge is -2.35. The summed E-state index contributed by atoms with van der Waals surface area (Å²) in [7, 11) is -3.28. The zero-order valence-corrected chi connectivity index (χ0v) is 18.2. The van der Waals surface area contributed by atoms with Gasteiger partial charge in [-0.1, -0.05) is 36.8 Å². The average molecular weight is 415 g/mol. The van der Waals surface area contributed by atoms with E-state index in [1.165, 1.54) is 17.4 Å². The maximum atomic E-state index is 12.3. The summed E-state index contributed by atoms with van der Waals surface area (Å²) in [6.45, 7) is 4.49. The smallest absolute Gasteiger partial charge is 0.211 e.